The standard InChI is InChI=1S/C15H15N3O3/c1-21-14-4-2-12(3-5-15(19)20)13(10-14)11-18(8-6-16)9-7-17/h2-5,10H,8-9,11H2,1H3,(H,19,20). The smallest absolute Gasteiger partial charge is 0.328 e. The largest absolute Gasteiger partial charge is 0.497 e. The molecule has 0 bridgehead atoms. The molecule has 1 rings (SSSR count). The molecule has 0 amide bonds. The molecule has 108 valence electrons. The van der Waals surface area contributed by atoms with Crippen LogP contribution in [0, 0.1) is 22.7 Å². The number of ether oxygens (including phenoxy) is 1. The zero-order valence-electron chi connectivity index (χ0n) is 11.6. The second-order valence-electron chi connectivity index (χ2n) is 4.20. The van der Waals surface area contributed by atoms with Crippen molar-refractivity contribution in [1.29, 1.82) is 10.5 Å². The maximum atomic E-state index is 10.6. The van der Waals surface area contributed by atoms with Gasteiger partial charge in [-0.15, -0.1) is 0 Å². The molecule has 0 saturated heterocycles. The molecule has 0 aliphatic heterocycles. The van der Waals surface area contributed by atoms with Crippen molar-refractivity contribution in [3.8, 4) is 17.9 Å². The van der Waals surface area contributed by atoms with Gasteiger partial charge in [-0.2, -0.15) is 10.5 Å². The minimum Gasteiger partial charge on any atom is -0.497 e. The van der Waals surface area contributed by atoms with E-state index < -0.39 is 5.97 Å². The number of nitriles is 2. The Labute approximate surface area is 123 Å². The number of carboxylic acids is 1. The van der Waals surface area contributed by atoms with E-state index in [1.807, 2.05) is 12.1 Å². The number of carbonyl (C=O) groups is 1. The van der Waals surface area contributed by atoms with Gasteiger partial charge in [-0.1, -0.05) is 6.07 Å². The average Bonchev–Trinajstić information content (AvgIpc) is 2.46. The van der Waals surface area contributed by atoms with E-state index in [0.717, 1.165) is 11.6 Å². The third-order valence-electron chi connectivity index (χ3n) is 2.74. The summed E-state index contributed by atoms with van der Waals surface area (Å²) in [5, 5.41) is 26.2. The summed E-state index contributed by atoms with van der Waals surface area (Å²) < 4.78 is 5.15. The molecule has 0 fully saturated rings. The van der Waals surface area contributed by atoms with Crippen molar-refractivity contribution in [3.63, 3.8) is 0 Å². The van der Waals surface area contributed by atoms with E-state index >= 15 is 0 Å². The Balaban J connectivity index is 3.08. The van der Waals surface area contributed by atoms with Gasteiger partial charge >= 0.3 is 5.97 Å². The SMILES string of the molecule is COc1ccc(C=CC(=O)O)c(CN(CC#N)CC#N)c1. The first-order chi connectivity index (χ1) is 10.1. The first-order valence-corrected chi connectivity index (χ1v) is 6.15. The highest BCUT2D eigenvalue weighted by Gasteiger charge is 2.09. The monoisotopic (exact) mass is 285 g/mol. The van der Waals surface area contributed by atoms with Crippen molar-refractivity contribution >= 4 is 12.0 Å². The number of hydrogen-bond donors (Lipinski definition) is 1. The van der Waals surface area contributed by atoms with E-state index in [9.17, 15) is 4.79 Å². The zero-order valence-corrected chi connectivity index (χ0v) is 11.6. The van der Waals surface area contributed by atoms with Crippen molar-refractivity contribution in [1.82, 2.24) is 4.90 Å². The predicted molar refractivity (Wildman–Crippen MR) is 76.2 cm³/mol. The quantitative estimate of drug-likeness (QED) is 0.604. The van der Waals surface area contributed by atoms with Crippen LogP contribution in [0.4, 0.5) is 0 Å². The molecule has 6 nitrogen and oxygen atoms in total. The maximum absolute atomic E-state index is 10.6. The van der Waals surface area contributed by atoms with Crippen molar-refractivity contribution < 1.29 is 14.6 Å². The highest BCUT2D eigenvalue weighted by atomic mass is 16.5. The summed E-state index contributed by atoms with van der Waals surface area (Å²) in [4.78, 5) is 12.3. The number of rotatable bonds is 7. The van der Waals surface area contributed by atoms with Crippen LogP contribution in [0.2, 0.25) is 0 Å². The summed E-state index contributed by atoms with van der Waals surface area (Å²) >= 11 is 0. The molecule has 6 heteroatoms. The number of methoxy groups -OCH3 is 1. The highest BCUT2D eigenvalue weighted by molar-refractivity contribution is 5.85. The van der Waals surface area contributed by atoms with Gasteiger partial charge in [-0.05, 0) is 29.3 Å². The lowest BCUT2D eigenvalue weighted by Gasteiger charge is -2.17. The summed E-state index contributed by atoms with van der Waals surface area (Å²) in [6.45, 7) is 0.595. The van der Waals surface area contributed by atoms with Crippen LogP contribution >= 0.6 is 0 Å². The summed E-state index contributed by atoms with van der Waals surface area (Å²) in [5.41, 5.74) is 1.50. The lowest BCUT2D eigenvalue weighted by Crippen LogP contribution is -2.24. The molecule has 0 spiro atoms. The number of hydrogen-bond acceptors (Lipinski definition) is 5. The van der Waals surface area contributed by atoms with Gasteiger partial charge in [0.05, 0.1) is 32.3 Å². The molecular weight excluding hydrogens is 270 g/mol. The molecular formula is C15H15N3O3. The minimum absolute atomic E-state index is 0.118. The van der Waals surface area contributed by atoms with Crippen LogP contribution in [0.3, 0.4) is 0 Å². The molecule has 0 aliphatic carbocycles. The lowest BCUT2D eigenvalue weighted by molar-refractivity contribution is -0.131. The van der Waals surface area contributed by atoms with E-state index in [1.54, 1.807) is 23.1 Å². The maximum Gasteiger partial charge on any atom is 0.328 e. The minimum atomic E-state index is -1.04. The normalized spacial score (nSPS) is 10.3. The number of benzene rings is 1. The molecule has 21 heavy (non-hydrogen) atoms. The predicted octanol–water partition coefficient (Wildman–Crippen LogP) is 1.64. The third kappa shape index (κ3) is 5.35. The molecule has 0 heterocycles. The van der Waals surface area contributed by atoms with E-state index in [-0.39, 0.29) is 13.1 Å². The second-order valence-corrected chi connectivity index (χ2v) is 4.20. The summed E-state index contributed by atoms with van der Waals surface area (Å²) in [5.74, 6) is -0.408. The summed E-state index contributed by atoms with van der Waals surface area (Å²) in [6, 6.07) is 9.24. The average molecular weight is 285 g/mol. The van der Waals surface area contributed by atoms with Crippen molar-refractivity contribution in [2.24, 2.45) is 0 Å². The molecule has 1 aromatic carbocycles. The van der Waals surface area contributed by atoms with Crippen LogP contribution in [-0.2, 0) is 11.3 Å². The fourth-order valence-corrected chi connectivity index (χ4v) is 1.78. The van der Waals surface area contributed by atoms with Crippen LogP contribution in [0.25, 0.3) is 6.08 Å². The van der Waals surface area contributed by atoms with Gasteiger partial charge in [0.1, 0.15) is 5.75 Å². The molecule has 0 aromatic heterocycles. The molecule has 1 aromatic rings. The van der Waals surface area contributed by atoms with Gasteiger partial charge < -0.3 is 9.84 Å². The van der Waals surface area contributed by atoms with Gasteiger partial charge in [0, 0.05) is 12.6 Å². The van der Waals surface area contributed by atoms with Crippen LogP contribution < -0.4 is 4.74 Å². The van der Waals surface area contributed by atoms with Crippen LogP contribution in [0.5, 0.6) is 5.75 Å². The van der Waals surface area contributed by atoms with Gasteiger partial charge in [0.25, 0.3) is 0 Å². The van der Waals surface area contributed by atoms with Gasteiger partial charge in [0.15, 0.2) is 0 Å². The zero-order chi connectivity index (χ0) is 15.7. The molecule has 0 radical (unpaired) electrons. The first-order valence-electron chi connectivity index (χ1n) is 6.15. The van der Waals surface area contributed by atoms with Crippen LogP contribution in [-0.4, -0.2) is 36.2 Å². The summed E-state index contributed by atoms with van der Waals surface area (Å²) in [6.07, 6.45) is 2.53. The molecule has 0 saturated carbocycles. The van der Waals surface area contributed by atoms with E-state index in [1.165, 1.54) is 13.2 Å². The Kier molecular flexibility index (Phi) is 6.46. The Morgan fingerprint density at radius 2 is 2.05 bits per heavy atom. The van der Waals surface area contributed by atoms with Crippen LogP contribution in [0.1, 0.15) is 11.1 Å². The van der Waals surface area contributed by atoms with Gasteiger partial charge in [-0.25, -0.2) is 4.79 Å². The Morgan fingerprint density at radius 3 is 2.57 bits per heavy atom. The molecule has 0 atom stereocenters. The van der Waals surface area contributed by atoms with Crippen molar-refractivity contribution in [2.75, 3.05) is 20.2 Å². The highest BCUT2D eigenvalue weighted by Crippen LogP contribution is 2.20. The van der Waals surface area contributed by atoms with Gasteiger partial charge in [0.2, 0.25) is 0 Å². The third-order valence-corrected chi connectivity index (χ3v) is 2.74. The molecule has 0 unspecified atom stereocenters. The first kappa shape index (κ1) is 16.2. The van der Waals surface area contributed by atoms with Crippen LogP contribution in [0.15, 0.2) is 24.3 Å². The second kappa shape index (κ2) is 8.36. The Hall–Kier alpha value is -2.83. The van der Waals surface area contributed by atoms with Gasteiger partial charge in [-0.3, -0.25) is 4.90 Å². The fourth-order valence-electron chi connectivity index (χ4n) is 1.78. The van der Waals surface area contributed by atoms with Crippen molar-refractivity contribution in [2.45, 2.75) is 6.54 Å². The molecule has 0 aliphatic rings. The lowest BCUT2D eigenvalue weighted by atomic mass is 10.1. The number of carboxylic acid groups (broad SMARTS) is 1. The van der Waals surface area contributed by atoms with E-state index in [4.69, 9.17) is 20.4 Å². The Bertz CT molecular complexity index is 596. The number of aliphatic carboxylic acids is 1. The fraction of sp³-hybridized carbons (Fsp3) is 0.267. The summed E-state index contributed by atoms with van der Waals surface area (Å²) in [7, 11) is 1.54. The molecule has 1 N–H and O–H groups in total. The Morgan fingerprint density at radius 1 is 1.38 bits per heavy atom. The topological polar surface area (TPSA) is 97.3 Å². The van der Waals surface area contributed by atoms with E-state index in [2.05, 4.69) is 0 Å². The number of nitrogens with zero attached hydrogens (tertiary/aromatic N) is 3. The van der Waals surface area contributed by atoms with E-state index in [0.29, 0.717) is 17.9 Å². The van der Waals surface area contributed by atoms with Crippen molar-refractivity contribution in [3.05, 3.63) is 35.4 Å².